The molecule has 0 spiro atoms. The van der Waals surface area contributed by atoms with Crippen LogP contribution < -0.4 is 5.32 Å². The summed E-state index contributed by atoms with van der Waals surface area (Å²) in [5.74, 6) is -0.218. The summed E-state index contributed by atoms with van der Waals surface area (Å²) in [5.41, 5.74) is 1.33. The van der Waals surface area contributed by atoms with E-state index in [4.69, 9.17) is 11.6 Å². The van der Waals surface area contributed by atoms with Crippen molar-refractivity contribution < 1.29 is 4.79 Å². The van der Waals surface area contributed by atoms with Crippen molar-refractivity contribution in [3.05, 3.63) is 47.0 Å². The summed E-state index contributed by atoms with van der Waals surface area (Å²) < 4.78 is 1.45. The van der Waals surface area contributed by atoms with Crippen LogP contribution in [-0.4, -0.2) is 27.2 Å². The number of hydrogen-bond acceptors (Lipinski definition) is 3. The van der Waals surface area contributed by atoms with Gasteiger partial charge >= 0.3 is 0 Å². The highest BCUT2D eigenvalue weighted by Crippen LogP contribution is 2.13. The molecule has 0 aliphatic heterocycles. The smallest absolute Gasteiger partial charge is 0.256 e. The average Bonchev–Trinajstić information content (AvgIpc) is 2.71. The summed E-state index contributed by atoms with van der Waals surface area (Å²) in [6.45, 7) is 0.515. The zero-order valence-corrected chi connectivity index (χ0v) is 10.7. The van der Waals surface area contributed by atoms with E-state index in [0.29, 0.717) is 23.7 Å². The zero-order valence-electron chi connectivity index (χ0n) is 9.93. The van der Waals surface area contributed by atoms with Crippen LogP contribution in [0.5, 0.6) is 0 Å². The topological polar surface area (TPSA) is 59.8 Å². The van der Waals surface area contributed by atoms with Gasteiger partial charge in [0.15, 0.2) is 0 Å². The van der Waals surface area contributed by atoms with Crippen molar-refractivity contribution >= 4 is 17.5 Å². The van der Waals surface area contributed by atoms with Crippen LogP contribution >= 0.6 is 11.6 Å². The molecule has 2 heterocycles. The van der Waals surface area contributed by atoms with Gasteiger partial charge in [-0.25, -0.2) is 0 Å². The predicted molar refractivity (Wildman–Crippen MR) is 68.5 cm³/mol. The molecule has 2 aromatic heterocycles. The standard InChI is InChI=1S/C12H13ClN4O/c1-17-11(13)10(8-16-17)12(18)15-7-5-9-4-2-3-6-14-9/h2-4,6,8H,5,7H2,1H3,(H,15,18). The Labute approximate surface area is 110 Å². The van der Waals surface area contributed by atoms with Gasteiger partial charge in [-0.05, 0) is 12.1 Å². The number of halogens is 1. The summed E-state index contributed by atoms with van der Waals surface area (Å²) in [6, 6.07) is 5.70. The molecule has 0 fully saturated rings. The van der Waals surface area contributed by atoms with Crippen LogP contribution in [0.2, 0.25) is 5.15 Å². The second-order valence-corrected chi connectivity index (χ2v) is 4.16. The summed E-state index contributed by atoms with van der Waals surface area (Å²) in [5, 5.41) is 7.04. The molecule has 2 aromatic rings. The van der Waals surface area contributed by atoms with Crippen molar-refractivity contribution in [2.24, 2.45) is 7.05 Å². The number of rotatable bonds is 4. The van der Waals surface area contributed by atoms with Crippen molar-refractivity contribution in [1.82, 2.24) is 20.1 Å². The van der Waals surface area contributed by atoms with E-state index in [-0.39, 0.29) is 5.91 Å². The van der Waals surface area contributed by atoms with Crippen LogP contribution in [0.1, 0.15) is 16.1 Å². The van der Waals surface area contributed by atoms with Crippen LogP contribution in [-0.2, 0) is 13.5 Å². The fraction of sp³-hybridized carbons (Fsp3) is 0.250. The molecular formula is C12H13ClN4O. The Morgan fingerprint density at radius 3 is 2.94 bits per heavy atom. The maximum atomic E-state index is 11.8. The maximum Gasteiger partial charge on any atom is 0.256 e. The van der Waals surface area contributed by atoms with Gasteiger partial charge in [0.25, 0.3) is 5.91 Å². The van der Waals surface area contributed by atoms with Crippen LogP contribution in [0.4, 0.5) is 0 Å². The van der Waals surface area contributed by atoms with Gasteiger partial charge in [0.1, 0.15) is 5.15 Å². The summed E-state index contributed by atoms with van der Waals surface area (Å²) in [6.07, 6.45) is 3.87. The van der Waals surface area contributed by atoms with Crippen LogP contribution in [0.3, 0.4) is 0 Å². The molecule has 1 amide bonds. The predicted octanol–water partition coefficient (Wildman–Crippen LogP) is 1.44. The molecule has 0 atom stereocenters. The molecule has 0 aromatic carbocycles. The van der Waals surface area contributed by atoms with E-state index in [0.717, 1.165) is 5.69 Å². The van der Waals surface area contributed by atoms with Gasteiger partial charge in [0.05, 0.1) is 11.8 Å². The lowest BCUT2D eigenvalue weighted by Gasteiger charge is -2.03. The molecule has 0 unspecified atom stereocenters. The largest absolute Gasteiger partial charge is 0.352 e. The first kappa shape index (κ1) is 12.6. The van der Waals surface area contributed by atoms with Gasteiger partial charge in [0, 0.05) is 31.9 Å². The van der Waals surface area contributed by atoms with E-state index in [9.17, 15) is 4.79 Å². The number of aryl methyl sites for hydroxylation is 1. The molecule has 1 N–H and O–H groups in total. The molecule has 0 aliphatic carbocycles. The zero-order chi connectivity index (χ0) is 13.0. The molecule has 0 aliphatic rings. The minimum atomic E-state index is -0.218. The first-order chi connectivity index (χ1) is 8.68. The van der Waals surface area contributed by atoms with Gasteiger partial charge in [-0.1, -0.05) is 17.7 Å². The third-order valence-electron chi connectivity index (χ3n) is 2.50. The minimum Gasteiger partial charge on any atom is -0.352 e. The summed E-state index contributed by atoms with van der Waals surface area (Å²) >= 11 is 5.93. The fourth-order valence-electron chi connectivity index (χ4n) is 1.52. The highest BCUT2D eigenvalue weighted by atomic mass is 35.5. The van der Waals surface area contributed by atoms with E-state index in [1.807, 2.05) is 18.2 Å². The van der Waals surface area contributed by atoms with Gasteiger partial charge in [0.2, 0.25) is 0 Å². The monoisotopic (exact) mass is 264 g/mol. The quantitative estimate of drug-likeness (QED) is 0.909. The first-order valence-electron chi connectivity index (χ1n) is 5.54. The highest BCUT2D eigenvalue weighted by Gasteiger charge is 2.13. The number of nitrogens with zero attached hydrogens (tertiary/aromatic N) is 3. The Morgan fingerprint density at radius 2 is 2.33 bits per heavy atom. The van der Waals surface area contributed by atoms with Crippen molar-refractivity contribution in [3.8, 4) is 0 Å². The molecule has 5 nitrogen and oxygen atoms in total. The van der Waals surface area contributed by atoms with E-state index in [1.165, 1.54) is 10.9 Å². The number of amides is 1. The van der Waals surface area contributed by atoms with E-state index < -0.39 is 0 Å². The fourth-order valence-corrected chi connectivity index (χ4v) is 1.70. The number of aromatic nitrogens is 3. The van der Waals surface area contributed by atoms with Crippen LogP contribution in [0, 0.1) is 0 Å². The lowest BCUT2D eigenvalue weighted by atomic mass is 10.2. The first-order valence-corrected chi connectivity index (χ1v) is 5.92. The molecule has 18 heavy (non-hydrogen) atoms. The third kappa shape index (κ3) is 2.87. The molecule has 0 saturated carbocycles. The normalized spacial score (nSPS) is 10.3. The Kier molecular flexibility index (Phi) is 3.94. The lowest BCUT2D eigenvalue weighted by Crippen LogP contribution is -2.25. The van der Waals surface area contributed by atoms with Gasteiger partial charge in [-0.3, -0.25) is 14.5 Å². The van der Waals surface area contributed by atoms with E-state index in [1.54, 1.807) is 13.2 Å². The maximum absolute atomic E-state index is 11.8. The summed E-state index contributed by atoms with van der Waals surface area (Å²) in [4.78, 5) is 16.0. The Bertz CT molecular complexity index is 538. The minimum absolute atomic E-state index is 0.218. The van der Waals surface area contributed by atoms with Gasteiger partial charge < -0.3 is 5.32 Å². The molecule has 6 heteroatoms. The number of hydrogen-bond donors (Lipinski definition) is 1. The van der Waals surface area contributed by atoms with Gasteiger partial charge in [-0.15, -0.1) is 0 Å². The molecule has 0 radical (unpaired) electrons. The molecule has 0 saturated heterocycles. The lowest BCUT2D eigenvalue weighted by molar-refractivity contribution is 0.0954. The SMILES string of the molecule is Cn1ncc(C(=O)NCCc2ccccn2)c1Cl. The average molecular weight is 265 g/mol. The Morgan fingerprint density at radius 1 is 1.50 bits per heavy atom. The van der Waals surface area contributed by atoms with Crippen molar-refractivity contribution in [3.63, 3.8) is 0 Å². The number of pyridine rings is 1. The molecule has 2 rings (SSSR count). The number of carbonyl (C=O) groups excluding carboxylic acids is 1. The van der Waals surface area contributed by atoms with Gasteiger partial charge in [-0.2, -0.15) is 5.10 Å². The second kappa shape index (κ2) is 5.64. The second-order valence-electron chi connectivity index (χ2n) is 3.80. The summed E-state index contributed by atoms with van der Waals surface area (Å²) in [7, 11) is 1.69. The molecular weight excluding hydrogens is 252 g/mol. The number of nitrogens with one attached hydrogen (secondary N) is 1. The third-order valence-corrected chi connectivity index (χ3v) is 2.95. The van der Waals surface area contributed by atoms with E-state index >= 15 is 0 Å². The highest BCUT2D eigenvalue weighted by molar-refractivity contribution is 6.32. The van der Waals surface area contributed by atoms with E-state index in [2.05, 4.69) is 15.4 Å². The molecule has 94 valence electrons. The molecule has 0 bridgehead atoms. The van der Waals surface area contributed by atoms with Crippen LogP contribution in [0.25, 0.3) is 0 Å². The Balaban J connectivity index is 1.88. The Hall–Kier alpha value is -1.88. The number of carbonyl (C=O) groups is 1. The van der Waals surface area contributed by atoms with Crippen molar-refractivity contribution in [1.29, 1.82) is 0 Å². The van der Waals surface area contributed by atoms with Crippen molar-refractivity contribution in [2.75, 3.05) is 6.54 Å². The van der Waals surface area contributed by atoms with Crippen LogP contribution in [0.15, 0.2) is 30.6 Å². The van der Waals surface area contributed by atoms with Crippen molar-refractivity contribution in [2.45, 2.75) is 6.42 Å².